The molecule has 0 spiro atoms. The van der Waals surface area contributed by atoms with Crippen LogP contribution in [0.3, 0.4) is 0 Å². The second-order valence-electron chi connectivity index (χ2n) is 7.01. The van der Waals surface area contributed by atoms with Gasteiger partial charge in [0.2, 0.25) is 0 Å². The van der Waals surface area contributed by atoms with Gasteiger partial charge < -0.3 is 9.47 Å². The van der Waals surface area contributed by atoms with E-state index in [1.807, 2.05) is 66.7 Å². The van der Waals surface area contributed by atoms with Crippen molar-refractivity contribution in [2.75, 3.05) is 7.11 Å². The zero-order valence-electron chi connectivity index (χ0n) is 17.0. The second-order valence-corrected chi connectivity index (χ2v) is 7.92. The first-order chi connectivity index (χ1) is 15.2. The summed E-state index contributed by atoms with van der Waals surface area (Å²) < 4.78 is 12.3. The average Bonchev–Trinajstić information content (AvgIpc) is 2.82. The molecule has 0 aliphatic rings. The van der Waals surface area contributed by atoms with Crippen LogP contribution < -0.4 is 9.47 Å². The number of benzene rings is 4. The molecule has 152 valence electrons. The van der Waals surface area contributed by atoms with Gasteiger partial charge >= 0.3 is 0 Å². The minimum atomic E-state index is 0.439. The first-order valence-corrected chi connectivity index (χ1v) is 10.6. The number of allylic oxidation sites excluding steroid dienone is 1. The summed E-state index contributed by atoms with van der Waals surface area (Å²) in [6, 6.07) is 30.1. The molecule has 0 bridgehead atoms. The van der Waals surface area contributed by atoms with Crippen molar-refractivity contribution in [1.29, 1.82) is 5.26 Å². The van der Waals surface area contributed by atoms with Crippen molar-refractivity contribution in [3.63, 3.8) is 0 Å². The quantitative estimate of drug-likeness (QED) is 0.220. The topological polar surface area (TPSA) is 42.2 Å². The van der Waals surface area contributed by atoms with Crippen LogP contribution in [-0.2, 0) is 6.61 Å². The molecule has 4 aromatic carbocycles. The van der Waals surface area contributed by atoms with Crippen molar-refractivity contribution in [1.82, 2.24) is 0 Å². The lowest BCUT2D eigenvalue weighted by Gasteiger charge is -2.12. The number of methoxy groups -OCH3 is 1. The lowest BCUT2D eigenvalue weighted by atomic mass is 10.0. The molecule has 4 heteroatoms. The van der Waals surface area contributed by atoms with Gasteiger partial charge in [-0.2, -0.15) is 5.26 Å². The smallest absolute Gasteiger partial charge is 0.127 e. The van der Waals surface area contributed by atoms with E-state index >= 15 is 0 Å². The molecule has 0 aliphatic heterocycles. The van der Waals surface area contributed by atoms with E-state index in [1.165, 1.54) is 10.8 Å². The third-order valence-corrected chi connectivity index (χ3v) is 5.55. The SMILES string of the molecule is COc1ccc(/C(C#N)=C/c2cc(Br)ccc2OCc2cccc3ccccc23)cc1. The monoisotopic (exact) mass is 469 g/mol. The van der Waals surface area contributed by atoms with E-state index in [-0.39, 0.29) is 0 Å². The van der Waals surface area contributed by atoms with Gasteiger partial charge in [-0.1, -0.05) is 58.4 Å². The number of ether oxygens (including phenoxy) is 2. The maximum Gasteiger partial charge on any atom is 0.127 e. The van der Waals surface area contributed by atoms with E-state index in [4.69, 9.17) is 9.47 Å². The van der Waals surface area contributed by atoms with Crippen LogP contribution in [-0.4, -0.2) is 7.11 Å². The van der Waals surface area contributed by atoms with Crippen molar-refractivity contribution >= 4 is 38.4 Å². The predicted molar refractivity (Wildman–Crippen MR) is 129 cm³/mol. The van der Waals surface area contributed by atoms with Crippen molar-refractivity contribution in [3.05, 3.63) is 106 Å². The summed E-state index contributed by atoms with van der Waals surface area (Å²) in [6.07, 6.45) is 1.85. The molecule has 0 saturated heterocycles. The minimum Gasteiger partial charge on any atom is -0.497 e. The highest BCUT2D eigenvalue weighted by molar-refractivity contribution is 9.10. The fourth-order valence-electron chi connectivity index (χ4n) is 3.44. The number of fused-ring (bicyclic) bond motifs is 1. The number of rotatable bonds is 6. The Balaban J connectivity index is 1.65. The Morgan fingerprint density at radius 1 is 0.968 bits per heavy atom. The summed E-state index contributed by atoms with van der Waals surface area (Å²) in [7, 11) is 1.62. The van der Waals surface area contributed by atoms with Crippen molar-refractivity contribution in [3.8, 4) is 17.6 Å². The highest BCUT2D eigenvalue weighted by Crippen LogP contribution is 2.30. The summed E-state index contributed by atoms with van der Waals surface area (Å²) in [5.74, 6) is 1.47. The maximum atomic E-state index is 9.75. The lowest BCUT2D eigenvalue weighted by molar-refractivity contribution is 0.307. The molecular weight excluding hydrogens is 450 g/mol. The normalized spacial score (nSPS) is 11.2. The summed E-state index contributed by atoms with van der Waals surface area (Å²) >= 11 is 3.53. The average molecular weight is 470 g/mol. The van der Waals surface area contributed by atoms with E-state index in [0.717, 1.165) is 32.7 Å². The van der Waals surface area contributed by atoms with Crippen LogP contribution in [0.2, 0.25) is 0 Å². The standard InChI is InChI=1S/C27H20BrNO2/c1-30-25-12-9-19(10-13-25)23(17-29)15-22-16-24(28)11-14-27(22)31-18-21-7-4-6-20-5-2-3-8-26(20)21/h2-16H,18H2,1H3/b23-15+. The molecule has 4 rings (SSSR count). The molecule has 0 N–H and O–H groups in total. The maximum absolute atomic E-state index is 9.75. The number of hydrogen-bond acceptors (Lipinski definition) is 3. The Morgan fingerprint density at radius 2 is 1.74 bits per heavy atom. The Hall–Kier alpha value is -3.55. The van der Waals surface area contributed by atoms with Crippen LogP contribution in [0.15, 0.2) is 89.4 Å². The fourth-order valence-corrected chi connectivity index (χ4v) is 3.82. The largest absolute Gasteiger partial charge is 0.497 e. The van der Waals surface area contributed by atoms with E-state index in [0.29, 0.717) is 12.2 Å². The highest BCUT2D eigenvalue weighted by Gasteiger charge is 2.08. The van der Waals surface area contributed by atoms with Crippen LogP contribution in [0, 0.1) is 11.3 Å². The molecule has 4 aromatic rings. The van der Waals surface area contributed by atoms with Gasteiger partial charge in [-0.15, -0.1) is 0 Å². The van der Waals surface area contributed by atoms with E-state index in [2.05, 4.69) is 46.3 Å². The summed E-state index contributed by atoms with van der Waals surface area (Å²) in [6.45, 7) is 0.439. The van der Waals surface area contributed by atoms with Gasteiger partial charge in [0.1, 0.15) is 18.1 Å². The number of halogens is 1. The molecule has 0 aromatic heterocycles. The summed E-state index contributed by atoms with van der Waals surface area (Å²) in [5.41, 5.74) is 3.33. The van der Waals surface area contributed by atoms with E-state index in [1.54, 1.807) is 7.11 Å². The molecule has 3 nitrogen and oxygen atoms in total. The van der Waals surface area contributed by atoms with Crippen molar-refractivity contribution < 1.29 is 9.47 Å². The number of hydrogen-bond donors (Lipinski definition) is 0. The van der Waals surface area contributed by atoms with Gasteiger partial charge in [0, 0.05) is 10.0 Å². The Morgan fingerprint density at radius 3 is 2.52 bits per heavy atom. The van der Waals surface area contributed by atoms with Gasteiger partial charge in [-0.3, -0.25) is 0 Å². The molecule has 0 fully saturated rings. The van der Waals surface area contributed by atoms with Gasteiger partial charge in [0.15, 0.2) is 0 Å². The molecule has 0 radical (unpaired) electrons. The molecule has 0 heterocycles. The molecule has 0 amide bonds. The van der Waals surface area contributed by atoms with Crippen molar-refractivity contribution in [2.45, 2.75) is 6.61 Å². The molecule has 0 unspecified atom stereocenters. The minimum absolute atomic E-state index is 0.439. The lowest BCUT2D eigenvalue weighted by Crippen LogP contribution is -1.98. The summed E-state index contributed by atoms with van der Waals surface area (Å²) in [4.78, 5) is 0. The third kappa shape index (κ3) is 4.79. The molecule has 0 atom stereocenters. The van der Waals surface area contributed by atoms with Gasteiger partial charge in [-0.05, 0) is 70.4 Å². The second kappa shape index (κ2) is 9.51. The van der Waals surface area contributed by atoms with Crippen molar-refractivity contribution in [2.24, 2.45) is 0 Å². The number of nitrogens with zero attached hydrogens (tertiary/aromatic N) is 1. The predicted octanol–water partition coefficient (Wildman–Crippen LogP) is 7.25. The highest BCUT2D eigenvalue weighted by atomic mass is 79.9. The van der Waals surface area contributed by atoms with Gasteiger partial charge in [-0.25, -0.2) is 0 Å². The van der Waals surface area contributed by atoms with Crippen LogP contribution >= 0.6 is 15.9 Å². The summed E-state index contributed by atoms with van der Waals surface area (Å²) in [5, 5.41) is 12.1. The number of nitriles is 1. The van der Waals surface area contributed by atoms with E-state index in [9.17, 15) is 5.26 Å². The zero-order valence-corrected chi connectivity index (χ0v) is 18.6. The first-order valence-electron chi connectivity index (χ1n) is 9.83. The Labute approximate surface area is 190 Å². The van der Waals surface area contributed by atoms with Crippen LogP contribution in [0.4, 0.5) is 0 Å². The van der Waals surface area contributed by atoms with Crippen LogP contribution in [0.1, 0.15) is 16.7 Å². The van der Waals surface area contributed by atoms with Gasteiger partial charge in [0.05, 0.1) is 18.8 Å². The third-order valence-electron chi connectivity index (χ3n) is 5.06. The van der Waals surface area contributed by atoms with Crippen LogP contribution in [0.25, 0.3) is 22.4 Å². The van der Waals surface area contributed by atoms with Crippen LogP contribution in [0.5, 0.6) is 11.5 Å². The Kier molecular flexibility index (Phi) is 6.35. The molecular formula is C27H20BrNO2. The Bertz CT molecular complexity index is 1280. The molecule has 31 heavy (non-hydrogen) atoms. The zero-order chi connectivity index (χ0) is 21.6. The van der Waals surface area contributed by atoms with Gasteiger partial charge in [0.25, 0.3) is 0 Å². The molecule has 0 saturated carbocycles. The molecule has 0 aliphatic carbocycles. The van der Waals surface area contributed by atoms with E-state index < -0.39 is 0 Å². The first kappa shape index (κ1) is 20.7. The fraction of sp³-hybridized carbons (Fsp3) is 0.0741.